The number of rotatable bonds is 9. The molecule has 0 fully saturated rings. The number of nitrogens with one attached hydrogen (secondary N) is 2. The Hall–Kier alpha value is -4.65. The number of carbonyl (C=O) groups is 3. The molecule has 8 nitrogen and oxygen atoms in total. The van der Waals surface area contributed by atoms with Crippen molar-refractivity contribution in [2.75, 3.05) is 5.32 Å². The van der Waals surface area contributed by atoms with E-state index in [0.717, 1.165) is 12.1 Å². The molecule has 1 atom stereocenters. The smallest absolute Gasteiger partial charge is 0.343 e. The molecule has 0 bridgehead atoms. The average molecular weight is 648 g/mol. The van der Waals surface area contributed by atoms with Crippen LogP contribution in [0.3, 0.4) is 0 Å². The zero-order valence-corrected chi connectivity index (χ0v) is 25.1. The van der Waals surface area contributed by atoms with Crippen molar-refractivity contribution in [2.24, 2.45) is 0 Å². The van der Waals surface area contributed by atoms with Gasteiger partial charge in [-0.25, -0.2) is 13.8 Å². The monoisotopic (exact) mass is 647 g/mol. The van der Waals surface area contributed by atoms with Gasteiger partial charge in [0.2, 0.25) is 5.82 Å². The minimum Gasteiger partial charge on any atom is -0.343 e. The third-order valence-electron chi connectivity index (χ3n) is 7.02. The molecule has 4 rings (SSSR count). The first-order valence-electron chi connectivity index (χ1n) is 13.4. The number of amides is 2. The van der Waals surface area contributed by atoms with Crippen LogP contribution in [-0.4, -0.2) is 32.1 Å². The van der Waals surface area contributed by atoms with Gasteiger partial charge in [-0.1, -0.05) is 25.4 Å². The van der Waals surface area contributed by atoms with Crippen molar-refractivity contribution < 1.29 is 36.3 Å². The van der Waals surface area contributed by atoms with E-state index in [-0.39, 0.29) is 34.0 Å². The predicted octanol–water partition coefficient (Wildman–Crippen LogP) is 6.89. The third-order valence-corrected chi connectivity index (χ3v) is 7.35. The Morgan fingerprint density at radius 1 is 0.956 bits per heavy atom. The first-order valence-corrected chi connectivity index (χ1v) is 13.8. The number of carbonyl (C=O) groups excluding carboxylic acids is 3. The van der Waals surface area contributed by atoms with Crippen LogP contribution in [0.5, 0.6) is 0 Å². The van der Waals surface area contributed by atoms with Crippen LogP contribution in [0, 0.1) is 11.6 Å². The number of ketones is 1. The second-order valence-electron chi connectivity index (χ2n) is 10.8. The van der Waals surface area contributed by atoms with Gasteiger partial charge >= 0.3 is 6.18 Å². The number of anilines is 1. The molecule has 2 heterocycles. The topological polar surface area (TPSA) is 106 Å². The van der Waals surface area contributed by atoms with Gasteiger partial charge < -0.3 is 15.2 Å². The summed E-state index contributed by atoms with van der Waals surface area (Å²) < 4.78 is 70.0. The summed E-state index contributed by atoms with van der Waals surface area (Å²) >= 11 is 6.44. The van der Waals surface area contributed by atoms with Crippen molar-refractivity contribution in [1.82, 2.24) is 19.9 Å². The molecule has 2 aromatic carbocycles. The number of halogens is 6. The zero-order valence-electron chi connectivity index (χ0n) is 24.4. The minimum atomic E-state index is -4.95. The molecule has 0 unspecified atom stereocenters. The number of hydrogen-bond acceptors (Lipinski definition) is 5. The van der Waals surface area contributed by atoms with Crippen molar-refractivity contribution in [3.05, 3.63) is 111 Å². The molecule has 0 aliphatic heterocycles. The van der Waals surface area contributed by atoms with Crippen LogP contribution in [0.25, 0.3) is 0 Å². The van der Waals surface area contributed by atoms with Gasteiger partial charge in [-0.2, -0.15) is 13.2 Å². The number of hydrogen-bond donors (Lipinski definition) is 2. The van der Waals surface area contributed by atoms with Gasteiger partial charge in [-0.15, -0.1) is 0 Å². The summed E-state index contributed by atoms with van der Waals surface area (Å²) in [6.07, 6.45) is -1.89. The van der Waals surface area contributed by atoms with E-state index in [2.05, 4.69) is 20.6 Å². The van der Waals surface area contributed by atoms with E-state index in [1.807, 2.05) is 0 Å². The lowest BCUT2D eigenvalue weighted by molar-refractivity contribution is -0.137. The van der Waals surface area contributed by atoms with Gasteiger partial charge in [0.15, 0.2) is 5.82 Å². The van der Waals surface area contributed by atoms with Gasteiger partial charge in [0.25, 0.3) is 11.8 Å². The molecule has 4 aromatic rings. The maximum absolute atomic E-state index is 14.4. The molecule has 45 heavy (non-hydrogen) atoms. The van der Waals surface area contributed by atoms with Crippen LogP contribution in [0.4, 0.5) is 27.8 Å². The number of Topliss-reactive ketones (excluding diaryl/α,β-unsaturated/α-hetero) is 1. The summed E-state index contributed by atoms with van der Waals surface area (Å²) in [7, 11) is 0. The highest BCUT2D eigenvalue weighted by atomic mass is 35.5. The number of imidazole rings is 1. The highest BCUT2D eigenvalue weighted by molar-refractivity contribution is 6.31. The van der Waals surface area contributed by atoms with Crippen LogP contribution in [-0.2, 0) is 22.9 Å². The molecular formula is C31H27ClF5N5O3. The van der Waals surface area contributed by atoms with Gasteiger partial charge in [-0.3, -0.25) is 19.4 Å². The lowest BCUT2D eigenvalue weighted by Crippen LogP contribution is -2.32. The SMILES string of the molecule is CC(=O)Cn1c(C(=O)N[C@@H](C)c2ccncc2)nc(NC(=O)c2cc(F)cc(C(F)(F)F)c2)c1C(C)(C)c1cc(F)ccc1Cl. The third kappa shape index (κ3) is 7.36. The Balaban J connectivity index is 1.90. The van der Waals surface area contributed by atoms with Gasteiger partial charge in [0.1, 0.15) is 17.4 Å². The van der Waals surface area contributed by atoms with E-state index in [4.69, 9.17) is 11.6 Å². The van der Waals surface area contributed by atoms with Crippen molar-refractivity contribution in [2.45, 2.75) is 51.9 Å². The summed E-state index contributed by atoms with van der Waals surface area (Å²) in [5, 5.41) is 5.24. The molecule has 0 spiro atoms. The Morgan fingerprint density at radius 2 is 1.62 bits per heavy atom. The van der Waals surface area contributed by atoms with Crippen LogP contribution < -0.4 is 10.6 Å². The van der Waals surface area contributed by atoms with Crippen LogP contribution in [0.1, 0.15) is 77.1 Å². The van der Waals surface area contributed by atoms with E-state index in [9.17, 15) is 36.3 Å². The van der Waals surface area contributed by atoms with Crippen molar-refractivity contribution in [3.63, 3.8) is 0 Å². The van der Waals surface area contributed by atoms with Crippen LogP contribution >= 0.6 is 11.6 Å². The molecule has 14 heteroatoms. The highest BCUT2D eigenvalue weighted by Crippen LogP contribution is 2.41. The zero-order chi connectivity index (χ0) is 33.3. The fourth-order valence-corrected chi connectivity index (χ4v) is 5.24. The Morgan fingerprint density at radius 3 is 2.24 bits per heavy atom. The fourth-order valence-electron chi connectivity index (χ4n) is 4.89. The lowest BCUT2D eigenvalue weighted by atomic mass is 9.80. The van der Waals surface area contributed by atoms with Crippen LogP contribution in [0.15, 0.2) is 60.9 Å². The molecule has 2 N–H and O–H groups in total. The van der Waals surface area contributed by atoms with E-state index in [1.165, 1.54) is 30.0 Å². The fraction of sp³-hybridized carbons (Fsp3) is 0.258. The van der Waals surface area contributed by atoms with E-state index < -0.39 is 64.5 Å². The lowest BCUT2D eigenvalue weighted by Gasteiger charge is -2.29. The number of benzene rings is 2. The van der Waals surface area contributed by atoms with Crippen LogP contribution in [0.2, 0.25) is 5.02 Å². The second-order valence-corrected chi connectivity index (χ2v) is 11.2. The van der Waals surface area contributed by atoms with E-state index in [1.54, 1.807) is 32.9 Å². The summed E-state index contributed by atoms with van der Waals surface area (Å²) in [5.74, 6) is -5.04. The van der Waals surface area contributed by atoms with Crippen molar-refractivity contribution in [1.29, 1.82) is 0 Å². The molecule has 0 aliphatic carbocycles. The Labute approximate surface area is 259 Å². The van der Waals surface area contributed by atoms with Crippen molar-refractivity contribution in [3.8, 4) is 0 Å². The summed E-state index contributed by atoms with van der Waals surface area (Å²) in [6, 6.07) is 7.65. The average Bonchev–Trinajstić information content (AvgIpc) is 3.31. The second kappa shape index (κ2) is 12.8. The predicted molar refractivity (Wildman–Crippen MR) is 156 cm³/mol. The van der Waals surface area contributed by atoms with Gasteiger partial charge in [0.05, 0.1) is 23.8 Å². The van der Waals surface area contributed by atoms with E-state index >= 15 is 0 Å². The summed E-state index contributed by atoms with van der Waals surface area (Å²) in [5.41, 5.74) is -2.58. The molecule has 2 aromatic heterocycles. The summed E-state index contributed by atoms with van der Waals surface area (Å²) in [4.78, 5) is 47.7. The quantitative estimate of drug-likeness (QED) is 0.193. The molecule has 0 saturated carbocycles. The number of aromatic nitrogens is 3. The first-order chi connectivity index (χ1) is 21.0. The van der Waals surface area contributed by atoms with E-state index in [0.29, 0.717) is 17.7 Å². The first kappa shape index (κ1) is 33.2. The van der Waals surface area contributed by atoms with Gasteiger partial charge in [0, 0.05) is 28.4 Å². The minimum absolute atomic E-state index is 0.00714. The normalized spacial score (nSPS) is 12.5. The number of pyridine rings is 1. The maximum Gasteiger partial charge on any atom is 0.416 e. The molecule has 236 valence electrons. The van der Waals surface area contributed by atoms with Crippen molar-refractivity contribution >= 4 is 35.0 Å². The standard InChI is InChI=1S/C31H27ClF5N5O3/c1-16(43)15-42-25(30(3,4)23-14-21(33)5-6-24(23)32)26(40-27(42)29(45)39-17(2)18-7-9-38-10-8-18)41-28(44)19-11-20(31(35,36)37)13-22(34)12-19/h5-14,17H,15H2,1-4H3,(H,39,45)(H,41,44)/t17-/m0/s1. The Bertz CT molecular complexity index is 1770. The molecular weight excluding hydrogens is 621 g/mol. The Kier molecular flexibility index (Phi) is 9.43. The largest absolute Gasteiger partial charge is 0.416 e. The molecule has 0 radical (unpaired) electrons. The maximum atomic E-state index is 14.4. The molecule has 0 aliphatic rings. The summed E-state index contributed by atoms with van der Waals surface area (Å²) in [6.45, 7) is 5.65. The molecule has 2 amide bonds. The molecule has 0 saturated heterocycles. The van der Waals surface area contributed by atoms with Gasteiger partial charge in [-0.05, 0) is 73.5 Å². The number of alkyl halides is 3. The number of nitrogens with zero attached hydrogens (tertiary/aromatic N) is 3. The highest BCUT2D eigenvalue weighted by Gasteiger charge is 2.38.